The van der Waals surface area contributed by atoms with Crippen molar-refractivity contribution in [2.75, 3.05) is 6.61 Å². The predicted octanol–water partition coefficient (Wildman–Crippen LogP) is 3.26. The van der Waals surface area contributed by atoms with Crippen LogP contribution in [-0.2, 0) is 16.0 Å². The van der Waals surface area contributed by atoms with Gasteiger partial charge in [0.2, 0.25) is 0 Å². The quantitative estimate of drug-likeness (QED) is 0.819. The first-order chi connectivity index (χ1) is 10.9. The van der Waals surface area contributed by atoms with Gasteiger partial charge >= 0.3 is 5.97 Å². The zero-order valence-electron chi connectivity index (χ0n) is 14.4. The van der Waals surface area contributed by atoms with Crippen LogP contribution in [0.2, 0.25) is 0 Å². The summed E-state index contributed by atoms with van der Waals surface area (Å²) in [6, 6.07) is 0. The number of aromatic amines is 1. The number of rotatable bonds is 5. The maximum absolute atomic E-state index is 12.1. The molecule has 5 heteroatoms. The van der Waals surface area contributed by atoms with Crippen LogP contribution in [0.5, 0.6) is 0 Å². The van der Waals surface area contributed by atoms with Crippen LogP contribution in [0.4, 0.5) is 0 Å². The number of hydrogen-bond donors (Lipinski definition) is 2. The van der Waals surface area contributed by atoms with Gasteiger partial charge in [0.05, 0.1) is 6.61 Å². The molecule has 1 aliphatic heterocycles. The highest BCUT2D eigenvalue weighted by molar-refractivity contribution is 6.01. The molecule has 23 heavy (non-hydrogen) atoms. The van der Waals surface area contributed by atoms with E-state index in [2.05, 4.69) is 10.3 Å². The lowest BCUT2D eigenvalue weighted by Gasteiger charge is -2.04. The van der Waals surface area contributed by atoms with Gasteiger partial charge in [-0.3, -0.25) is 4.79 Å². The fourth-order valence-electron chi connectivity index (χ4n) is 3.00. The average Bonchev–Trinajstić information content (AvgIpc) is 2.97. The minimum atomic E-state index is -0.345. The Kier molecular flexibility index (Phi) is 5.08. The smallest absolute Gasteiger partial charge is 0.355 e. The third-order valence-corrected chi connectivity index (χ3v) is 4.25. The van der Waals surface area contributed by atoms with Crippen molar-refractivity contribution in [2.24, 2.45) is 0 Å². The number of allylic oxidation sites excluding steroid dienone is 1. The van der Waals surface area contributed by atoms with Gasteiger partial charge in [-0.2, -0.15) is 0 Å². The maximum atomic E-state index is 12.1. The van der Waals surface area contributed by atoms with Crippen LogP contribution < -0.4 is 5.32 Å². The van der Waals surface area contributed by atoms with Gasteiger partial charge in [0, 0.05) is 17.0 Å². The van der Waals surface area contributed by atoms with Crippen molar-refractivity contribution in [1.82, 2.24) is 10.3 Å². The number of carbonyl (C=O) groups excluding carboxylic acids is 2. The molecule has 0 saturated carbocycles. The van der Waals surface area contributed by atoms with Gasteiger partial charge in [-0.15, -0.1) is 0 Å². The van der Waals surface area contributed by atoms with Gasteiger partial charge in [-0.1, -0.05) is 13.8 Å². The van der Waals surface area contributed by atoms with Crippen LogP contribution in [0, 0.1) is 6.92 Å². The molecule has 0 aromatic carbocycles. The van der Waals surface area contributed by atoms with E-state index in [1.807, 2.05) is 33.8 Å². The van der Waals surface area contributed by atoms with E-state index in [0.29, 0.717) is 12.3 Å². The van der Waals surface area contributed by atoms with Crippen molar-refractivity contribution < 1.29 is 14.3 Å². The lowest BCUT2D eigenvalue weighted by molar-refractivity contribution is -0.116. The lowest BCUT2D eigenvalue weighted by atomic mass is 10.0. The number of esters is 1. The molecule has 0 atom stereocenters. The fraction of sp³-hybridized carbons (Fsp3) is 0.444. The topological polar surface area (TPSA) is 71.2 Å². The second-order valence-corrected chi connectivity index (χ2v) is 5.56. The summed E-state index contributed by atoms with van der Waals surface area (Å²) >= 11 is 0. The molecule has 0 saturated heterocycles. The van der Waals surface area contributed by atoms with Gasteiger partial charge in [0.25, 0.3) is 5.91 Å². The Balaban J connectivity index is 2.49. The van der Waals surface area contributed by atoms with Crippen LogP contribution in [0.15, 0.2) is 16.8 Å². The monoisotopic (exact) mass is 316 g/mol. The van der Waals surface area contributed by atoms with E-state index in [4.69, 9.17) is 4.74 Å². The number of hydrogen-bond acceptors (Lipinski definition) is 3. The highest BCUT2D eigenvalue weighted by atomic mass is 16.5. The zero-order chi connectivity index (χ0) is 17.1. The molecule has 0 radical (unpaired) electrons. The summed E-state index contributed by atoms with van der Waals surface area (Å²) in [7, 11) is 0. The minimum Gasteiger partial charge on any atom is -0.461 e. The van der Waals surface area contributed by atoms with E-state index < -0.39 is 0 Å². The molecule has 2 rings (SSSR count). The van der Waals surface area contributed by atoms with Crippen molar-refractivity contribution in [3.63, 3.8) is 0 Å². The summed E-state index contributed by atoms with van der Waals surface area (Å²) in [5, 5.41) is 2.90. The molecule has 1 aromatic heterocycles. The summed E-state index contributed by atoms with van der Waals surface area (Å²) in [5.41, 5.74) is 5.88. The molecule has 0 fully saturated rings. The van der Waals surface area contributed by atoms with E-state index >= 15 is 0 Å². The number of H-pyrrole nitrogens is 1. The summed E-state index contributed by atoms with van der Waals surface area (Å²) in [6.45, 7) is 9.94. The van der Waals surface area contributed by atoms with E-state index in [9.17, 15) is 9.59 Å². The first kappa shape index (κ1) is 17.1. The molecule has 2 N–H and O–H groups in total. The molecule has 0 spiro atoms. The Morgan fingerprint density at radius 1 is 1.17 bits per heavy atom. The van der Waals surface area contributed by atoms with E-state index in [-0.39, 0.29) is 11.9 Å². The Bertz CT molecular complexity index is 708. The number of amides is 1. The Labute approximate surface area is 136 Å². The largest absolute Gasteiger partial charge is 0.461 e. The van der Waals surface area contributed by atoms with Crippen molar-refractivity contribution in [3.05, 3.63) is 39.4 Å². The van der Waals surface area contributed by atoms with Crippen LogP contribution in [0.25, 0.3) is 6.08 Å². The van der Waals surface area contributed by atoms with Crippen molar-refractivity contribution in [2.45, 2.75) is 47.5 Å². The molecule has 1 aliphatic rings. The average molecular weight is 316 g/mol. The van der Waals surface area contributed by atoms with Crippen LogP contribution in [0.1, 0.15) is 61.4 Å². The second kappa shape index (κ2) is 6.86. The SMILES string of the molecule is CCOC(=O)c1[nH]c(/C=C2\NC(=O)C(C)=C2CC)c(CC)c1C. The normalized spacial score (nSPS) is 16.2. The number of ether oxygens (including phenoxy) is 1. The number of aromatic nitrogens is 1. The van der Waals surface area contributed by atoms with Crippen molar-refractivity contribution in [1.29, 1.82) is 0 Å². The third kappa shape index (κ3) is 3.09. The van der Waals surface area contributed by atoms with E-state index in [1.165, 1.54) is 0 Å². The fourth-order valence-corrected chi connectivity index (χ4v) is 3.00. The first-order valence-electron chi connectivity index (χ1n) is 8.06. The molecule has 0 unspecified atom stereocenters. The molecular weight excluding hydrogens is 292 g/mol. The second-order valence-electron chi connectivity index (χ2n) is 5.56. The maximum Gasteiger partial charge on any atom is 0.355 e. The summed E-state index contributed by atoms with van der Waals surface area (Å²) in [6.07, 6.45) is 3.49. The molecule has 1 amide bonds. The van der Waals surface area contributed by atoms with Gasteiger partial charge in [0.1, 0.15) is 5.69 Å². The standard InChI is InChI=1S/C18H24N2O3/c1-6-12-10(4)16(18(22)23-8-3)19-14(12)9-15-13(7-2)11(5)17(21)20-15/h9,19H,6-8H2,1-5H3,(H,20,21)/b15-9-. The summed E-state index contributed by atoms with van der Waals surface area (Å²) in [5.74, 6) is -0.401. The van der Waals surface area contributed by atoms with Gasteiger partial charge in [-0.25, -0.2) is 4.79 Å². The highest BCUT2D eigenvalue weighted by Gasteiger charge is 2.24. The predicted molar refractivity (Wildman–Crippen MR) is 90.0 cm³/mol. The number of carbonyl (C=O) groups is 2. The number of nitrogens with one attached hydrogen (secondary N) is 2. The van der Waals surface area contributed by atoms with Gasteiger partial charge in [0.15, 0.2) is 0 Å². The van der Waals surface area contributed by atoms with Crippen LogP contribution in [-0.4, -0.2) is 23.5 Å². The van der Waals surface area contributed by atoms with Crippen LogP contribution in [0.3, 0.4) is 0 Å². The molecule has 0 bridgehead atoms. The molecule has 1 aromatic rings. The molecule has 124 valence electrons. The first-order valence-corrected chi connectivity index (χ1v) is 8.06. The minimum absolute atomic E-state index is 0.0555. The van der Waals surface area contributed by atoms with Crippen LogP contribution >= 0.6 is 0 Å². The Morgan fingerprint density at radius 3 is 2.43 bits per heavy atom. The Morgan fingerprint density at radius 2 is 1.87 bits per heavy atom. The molecule has 2 heterocycles. The van der Waals surface area contributed by atoms with Crippen molar-refractivity contribution >= 4 is 18.0 Å². The lowest BCUT2D eigenvalue weighted by Crippen LogP contribution is -2.15. The Hall–Kier alpha value is -2.30. The van der Waals surface area contributed by atoms with Crippen molar-refractivity contribution in [3.8, 4) is 0 Å². The van der Waals surface area contributed by atoms with Gasteiger partial charge < -0.3 is 15.0 Å². The van der Waals surface area contributed by atoms with Gasteiger partial charge in [-0.05, 0) is 56.4 Å². The zero-order valence-corrected chi connectivity index (χ0v) is 14.4. The molecule has 5 nitrogen and oxygen atoms in total. The molecular formula is C18H24N2O3. The highest BCUT2D eigenvalue weighted by Crippen LogP contribution is 2.28. The van der Waals surface area contributed by atoms with E-state index in [1.54, 1.807) is 6.92 Å². The summed E-state index contributed by atoms with van der Waals surface area (Å²) < 4.78 is 5.10. The molecule has 0 aliphatic carbocycles. The third-order valence-electron chi connectivity index (χ3n) is 4.25. The summed E-state index contributed by atoms with van der Waals surface area (Å²) in [4.78, 5) is 27.1. The van der Waals surface area contributed by atoms with E-state index in [0.717, 1.165) is 46.5 Å².